The van der Waals surface area contributed by atoms with Crippen LogP contribution in [-0.4, -0.2) is 30.7 Å². The van der Waals surface area contributed by atoms with Crippen LogP contribution < -0.4 is 11.1 Å². The summed E-state index contributed by atoms with van der Waals surface area (Å²) >= 11 is 0. The number of amides is 1. The second kappa shape index (κ2) is 5.17. The topological polar surface area (TPSA) is 64.3 Å². The number of nitrogens with two attached hydrogens (primary N) is 1. The first-order valence-corrected chi connectivity index (χ1v) is 7.12. The molecular formula is C14H26N2O2. The van der Waals surface area contributed by atoms with Crippen molar-refractivity contribution in [3.05, 3.63) is 0 Å². The van der Waals surface area contributed by atoms with Gasteiger partial charge in [-0.2, -0.15) is 0 Å². The van der Waals surface area contributed by atoms with E-state index in [9.17, 15) is 4.79 Å². The van der Waals surface area contributed by atoms with E-state index < -0.39 is 5.54 Å². The molecule has 2 unspecified atom stereocenters. The lowest BCUT2D eigenvalue weighted by molar-refractivity contribution is -0.131. The summed E-state index contributed by atoms with van der Waals surface area (Å²) in [6.45, 7) is 2.78. The number of ether oxygens (including phenoxy) is 1. The van der Waals surface area contributed by atoms with E-state index >= 15 is 0 Å². The summed E-state index contributed by atoms with van der Waals surface area (Å²) in [6, 6.07) is 0. The number of nitrogens with one attached hydrogen (secondary N) is 1. The Morgan fingerprint density at radius 3 is 2.61 bits per heavy atom. The maximum atomic E-state index is 12.3. The molecule has 0 heterocycles. The summed E-state index contributed by atoms with van der Waals surface area (Å²) in [7, 11) is 1.73. The fraction of sp³-hybridized carbons (Fsp3) is 0.929. The van der Waals surface area contributed by atoms with Crippen molar-refractivity contribution in [1.29, 1.82) is 0 Å². The van der Waals surface area contributed by atoms with Gasteiger partial charge in [-0.15, -0.1) is 0 Å². The molecule has 0 spiro atoms. The van der Waals surface area contributed by atoms with E-state index in [1.54, 1.807) is 7.11 Å². The Morgan fingerprint density at radius 1 is 1.39 bits per heavy atom. The van der Waals surface area contributed by atoms with E-state index in [0.29, 0.717) is 12.5 Å². The number of hydrogen-bond acceptors (Lipinski definition) is 3. The van der Waals surface area contributed by atoms with E-state index in [1.165, 1.54) is 12.8 Å². The van der Waals surface area contributed by atoms with Gasteiger partial charge in [0.1, 0.15) is 0 Å². The molecule has 1 amide bonds. The predicted octanol–water partition coefficient (Wildman–Crippen LogP) is 1.58. The highest BCUT2D eigenvalue weighted by Gasteiger charge is 2.41. The van der Waals surface area contributed by atoms with E-state index in [4.69, 9.17) is 10.5 Å². The van der Waals surface area contributed by atoms with Crippen LogP contribution in [0.2, 0.25) is 0 Å². The molecule has 0 aliphatic heterocycles. The Balaban J connectivity index is 1.87. The Kier molecular flexibility index (Phi) is 3.97. The second-order valence-electron chi connectivity index (χ2n) is 6.28. The molecule has 2 atom stereocenters. The van der Waals surface area contributed by atoms with Gasteiger partial charge in [0, 0.05) is 13.7 Å². The molecule has 3 N–H and O–H groups in total. The molecule has 2 saturated carbocycles. The molecule has 18 heavy (non-hydrogen) atoms. The molecule has 0 aromatic rings. The predicted molar refractivity (Wildman–Crippen MR) is 71.2 cm³/mol. The van der Waals surface area contributed by atoms with Crippen molar-refractivity contribution in [3.8, 4) is 0 Å². The molecule has 104 valence electrons. The molecular weight excluding hydrogens is 228 g/mol. The average Bonchev–Trinajstić information content (AvgIpc) is 2.27. The van der Waals surface area contributed by atoms with Crippen molar-refractivity contribution in [3.63, 3.8) is 0 Å². The van der Waals surface area contributed by atoms with E-state index in [2.05, 4.69) is 12.2 Å². The summed E-state index contributed by atoms with van der Waals surface area (Å²) in [5.74, 6) is 0.562. The molecule has 0 saturated heterocycles. The van der Waals surface area contributed by atoms with Gasteiger partial charge in [0.15, 0.2) is 0 Å². The molecule has 2 aliphatic carbocycles. The van der Waals surface area contributed by atoms with Crippen LogP contribution in [0, 0.1) is 5.92 Å². The first-order valence-electron chi connectivity index (χ1n) is 7.12. The van der Waals surface area contributed by atoms with Gasteiger partial charge in [0.2, 0.25) is 5.91 Å². The van der Waals surface area contributed by atoms with Gasteiger partial charge < -0.3 is 15.8 Å². The smallest absolute Gasteiger partial charge is 0.240 e. The van der Waals surface area contributed by atoms with Crippen molar-refractivity contribution in [2.75, 3.05) is 13.7 Å². The number of hydrogen-bond donors (Lipinski definition) is 2. The quantitative estimate of drug-likeness (QED) is 0.800. The minimum Gasteiger partial charge on any atom is -0.376 e. The molecule has 4 nitrogen and oxygen atoms in total. The van der Waals surface area contributed by atoms with Gasteiger partial charge in [-0.05, 0) is 38.0 Å². The number of carbonyl (C=O) groups excluding carboxylic acids is 1. The van der Waals surface area contributed by atoms with Gasteiger partial charge in [0.25, 0.3) is 0 Å². The number of methoxy groups -OCH3 is 1. The maximum absolute atomic E-state index is 12.3. The highest BCUT2D eigenvalue weighted by molar-refractivity contribution is 5.86. The van der Waals surface area contributed by atoms with Crippen molar-refractivity contribution < 1.29 is 9.53 Å². The Hall–Kier alpha value is -0.610. The number of rotatable bonds is 4. The van der Waals surface area contributed by atoms with Crippen LogP contribution in [0.1, 0.15) is 51.9 Å². The zero-order valence-corrected chi connectivity index (χ0v) is 11.6. The normalized spacial score (nSPS) is 34.7. The third-order valence-corrected chi connectivity index (χ3v) is 4.75. The SMILES string of the molecule is COC1(CNC(=O)C2(N)CCCC(C)C2)CCC1. The molecule has 2 fully saturated rings. The fourth-order valence-electron chi connectivity index (χ4n) is 3.24. The van der Waals surface area contributed by atoms with Crippen LogP contribution in [-0.2, 0) is 9.53 Å². The standard InChI is InChI=1S/C14H26N2O2/c1-11-5-3-8-14(15,9-11)12(17)16-10-13(18-2)6-4-7-13/h11H,3-10,15H2,1-2H3,(H,16,17). The second-order valence-corrected chi connectivity index (χ2v) is 6.28. The van der Waals surface area contributed by atoms with Crippen LogP contribution in [0.3, 0.4) is 0 Å². The highest BCUT2D eigenvalue weighted by Crippen LogP contribution is 2.35. The Morgan fingerprint density at radius 2 is 2.11 bits per heavy atom. The van der Waals surface area contributed by atoms with E-state index in [-0.39, 0.29) is 11.5 Å². The van der Waals surface area contributed by atoms with Gasteiger partial charge in [-0.25, -0.2) is 0 Å². The lowest BCUT2D eigenvalue weighted by Crippen LogP contribution is -2.59. The largest absolute Gasteiger partial charge is 0.376 e. The number of carbonyl (C=O) groups is 1. The van der Waals surface area contributed by atoms with Gasteiger partial charge in [-0.1, -0.05) is 19.8 Å². The van der Waals surface area contributed by atoms with Crippen LogP contribution in [0.15, 0.2) is 0 Å². The van der Waals surface area contributed by atoms with Gasteiger partial charge in [0.05, 0.1) is 11.1 Å². The van der Waals surface area contributed by atoms with Crippen molar-refractivity contribution in [2.45, 2.75) is 63.0 Å². The third-order valence-electron chi connectivity index (χ3n) is 4.75. The van der Waals surface area contributed by atoms with Crippen molar-refractivity contribution in [1.82, 2.24) is 5.32 Å². The third kappa shape index (κ3) is 2.69. The lowest BCUT2D eigenvalue weighted by atomic mass is 9.76. The maximum Gasteiger partial charge on any atom is 0.240 e. The molecule has 0 aromatic heterocycles. The first-order chi connectivity index (χ1) is 8.50. The molecule has 4 heteroatoms. The van der Waals surface area contributed by atoms with E-state index in [1.807, 2.05) is 0 Å². The summed E-state index contributed by atoms with van der Waals surface area (Å²) in [5.41, 5.74) is 5.50. The lowest BCUT2D eigenvalue weighted by Gasteiger charge is -2.42. The van der Waals surface area contributed by atoms with Crippen LogP contribution in [0.25, 0.3) is 0 Å². The van der Waals surface area contributed by atoms with Crippen LogP contribution >= 0.6 is 0 Å². The zero-order valence-electron chi connectivity index (χ0n) is 11.6. The molecule has 2 rings (SSSR count). The average molecular weight is 254 g/mol. The minimum absolute atomic E-state index is 0.0115. The summed E-state index contributed by atoms with van der Waals surface area (Å²) in [6.07, 6.45) is 7.13. The van der Waals surface area contributed by atoms with Crippen LogP contribution in [0.4, 0.5) is 0 Å². The van der Waals surface area contributed by atoms with E-state index in [0.717, 1.165) is 32.1 Å². The zero-order chi connectivity index (χ0) is 13.2. The van der Waals surface area contributed by atoms with Gasteiger partial charge >= 0.3 is 0 Å². The molecule has 0 bridgehead atoms. The first kappa shape index (κ1) is 13.8. The summed E-state index contributed by atoms with van der Waals surface area (Å²) < 4.78 is 5.51. The highest BCUT2D eigenvalue weighted by atomic mass is 16.5. The summed E-state index contributed by atoms with van der Waals surface area (Å²) in [4.78, 5) is 12.3. The molecule has 0 radical (unpaired) electrons. The van der Waals surface area contributed by atoms with Crippen molar-refractivity contribution in [2.24, 2.45) is 11.7 Å². The molecule has 2 aliphatic rings. The van der Waals surface area contributed by atoms with Crippen molar-refractivity contribution >= 4 is 5.91 Å². The molecule has 0 aromatic carbocycles. The minimum atomic E-state index is -0.656. The Bertz CT molecular complexity index is 309. The van der Waals surface area contributed by atoms with Gasteiger partial charge in [-0.3, -0.25) is 4.79 Å². The Labute approximate surface area is 110 Å². The fourth-order valence-corrected chi connectivity index (χ4v) is 3.24. The van der Waals surface area contributed by atoms with Crippen LogP contribution in [0.5, 0.6) is 0 Å². The monoisotopic (exact) mass is 254 g/mol. The summed E-state index contributed by atoms with van der Waals surface area (Å²) in [5, 5.41) is 3.02.